The molecule has 0 amide bonds. The van der Waals surface area contributed by atoms with Crippen LogP contribution in [0.3, 0.4) is 0 Å². The van der Waals surface area contributed by atoms with Crippen LogP contribution in [0.15, 0.2) is 60.7 Å². The molecule has 0 saturated heterocycles. The lowest BCUT2D eigenvalue weighted by atomic mass is 10.0. The molecule has 0 aliphatic carbocycles. The first-order valence-corrected chi connectivity index (χ1v) is 8.86. The second-order valence-electron chi connectivity index (χ2n) is 6.19. The van der Waals surface area contributed by atoms with Crippen molar-refractivity contribution in [2.45, 2.75) is 38.4 Å². The van der Waals surface area contributed by atoms with Crippen molar-refractivity contribution in [2.24, 2.45) is 0 Å². The molecule has 130 valence electrons. The minimum Gasteiger partial charge on any atom is -0.389 e. The van der Waals surface area contributed by atoms with Gasteiger partial charge in [0.15, 0.2) is 0 Å². The highest BCUT2D eigenvalue weighted by Crippen LogP contribution is 2.12. The SMILES string of the molecule is CCCNCC(O)COC(Cc1ccccc1)Cc1ccccc1. The molecule has 0 aliphatic rings. The molecular formula is C21H29NO2. The van der Waals surface area contributed by atoms with E-state index in [4.69, 9.17) is 4.74 Å². The number of aliphatic hydroxyl groups excluding tert-OH is 1. The maximum atomic E-state index is 10.1. The van der Waals surface area contributed by atoms with Crippen molar-refractivity contribution in [3.05, 3.63) is 71.8 Å². The minimum absolute atomic E-state index is 0.0654. The molecule has 2 rings (SSSR count). The monoisotopic (exact) mass is 327 g/mol. The Bertz CT molecular complexity index is 503. The fraction of sp³-hybridized carbons (Fsp3) is 0.429. The molecule has 3 heteroatoms. The molecule has 0 heterocycles. The van der Waals surface area contributed by atoms with Crippen molar-refractivity contribution in [3.8, 4) is 0 Å². The molecule has 0 aliphatic heterocycles. The van der Waals surface area contributed by atoms with Gasteiger partial charge in [0, 0.05) is 6.54 Å². The maximum Gasteiger partial charge on any atom is 0.0897 e. The van der Waals surface area contributed by atoms with Gasteiger partial charge in [0.25, 0.3) is 0 Å². The molecular weight excluding hydrogens is 298 g/mol. The van der Waals surface area contributed by atoms with Gasteiger partial charge < -0.3 is 15.2 Å². The van der Waals surface area contributed by atoms with Crippen LogP contribution in [0, 0.1) is 0 Å². The van der Waals surface area contributed by atoms with Crippen molar-refractivity contribution in [2.75, 3.05) is 19.7 Å². The van der Waals surface area contributed by atoms with Crippen molar-refractivity contribution in [3.63, 3.8) is 0 Å². The van der Waals surface area contributed by atoms with Crippen LogP contribution >= 0.6 is 0 Å². The fourth-order valence-electron chi connectivity index (χ4n) is 2.70. The summed E-state index contributed by atoms with van der Waals surface area (Å²) in [5.74, 6) is 0. The lowest BCUT2D eigenvalue weighted by Gasteiger charge is -2.21. The predicted octanol–water partition coefficient (Wildman–Crippen LogP) is 3.22. The molecule has 2 aromatic rings. The van der Waals surface area contributed by atoms with Gasteiger partial charge in [-0.05, 0) is 36.9 Å². The summed E-state index contributed by atoms with van der Waals surface area (Å²) in [5, 5.41) is 13.3. The maximum absolute atomic E-state index is 10.1. The number of rotatable bonds is 11. The van der Waals surface area contributed by atoms with Gasteiger partial charge in [0.2, 0.25) is 0 Å². The number of ether oxygens (including phenoxy) is 1. The Hall–Kier alpha value is -1.68. The number of benzene rings is 2. The Morgan fingerprint density at radius 1 is 0.917 bits per heavy atom. The van der Waals surface area contributed by atoms with E-state index in [0.717, 1.165) is 25.8 Å². The summed E-state index contributed by atoms with van der Waals surface area (Å²) >= 11 is 0. The van der Waals surface area contributed by atoms with E-state index in [1.54, 1.807) is 0 Å². The normalized spacial score (nSPS) is 12.5. The Balaban J connectivity index is 1.89. The third-order valence-electron chi connectivity index (χ3n) is 3.94. The number of hydrogen-bond acceptors (Lipinski definition) is 3. The second-order valence-corrected chi connectivity index (χ2v) is 6.19. The summed E-state index contributed by atoms with van der Waals surface area (Å²) < 4.78 is 6.05. The van der Waals surface area contributed by atoms with E-state index in [0.29, 0.717) is 13.2 Å². The molecule has 0 bridgehead atoms. The van der Waals surface area contributed by atoms with E-state index in [1.165, 1.54) is 11.1 Å². The largest absolute Gasteiger partial charge is 0.389 e. The Morgan fingerprint density at radius 3 is 1.96 bits per heavy atom. The number of aliphatic hydroxyl groups is 1. The van der Waals surface area contributed by atoms with Gasteiger partial charge in [-0.15, -0.1) is 0 Å². The van der Waals surface area contributed by atoms with E-state index in [1.807, 2.05) is 12.1 Å². The summed E-state index contributed by atoms with van der Waals surface area (Å²) in [6, 6.07) is 20.8. The van der Waals surface area contributed by atoms with Gasteiger partial charge in [-0.25, -0.2) is 0 Å². The fourth-order valence-corrected chi connectivity index (χ4v) is 2.70. The Morgan fingerprint density at radius 2 is 1.46 bits per heavy atom. The lowest BCUT2D eigenvalue weighted by Crippen LogP contribution is -2.33. The zero-order valence-corrected chi connectivity index (χ0v) is 14.5. The van der Waals surface area contributed by atoms with E-state index >= 15 is 0 Å². The summed E-state index contributed by atoms with van der Waals surface area (Å²) in [6.07, 6.45) is 2.37. The highest BCUT2D eigenvalue weighted by molar-refractivity contribution is 5.19. The average molecular weight is 327 g/mol. The second kappa shape index (κ2) is 11.0. The van der Waals surface area contributed by atoms with Crippen LogP contribution in [0.5, 0.6) is 0 Å². The first kappa shape index (κ1) is 18.7. The van der Waals surface area contributed by atoms with E-state index in [9.17, 15) is 5.11 Å². The Kier molecular flexibility index (Phi) is 8.53. The molecule has 0 saturated carbocycles. The van der Waals surface area contributed by atoms with Gasteiger partial charge >= 0.3 is 0 Å². The first-order chi connectivity index (χ1) is 11.8. The van der Waals surface area contributed by atoms with Crippen molar-refractivity contribution >= 4 is 0 Å². The third-order valence-corrected chi connectivity index (χ3v) is 3.94. The molecule has 2 aromatic carbocycles. The molecule has 24 heavy (non-hydrogen) atoms. The minimum atomic E-state index is -0.467. The highest BCUT2D eigenvalue weighted by atomic mass is 16.5. The third kappa shape index (κ3) is 7.26. The zero-order valence-electron chi connectivity index (χ0n) is 14.5. The van der Waals surface area contributed by atoms with Gasteiger partial charge in [-0.2, -0.15) is 0 Å². The van der Waals surface area contributed by atoms with Crippen molar-refractivity contribution in [1.82, 2.24) is 5.32 Å². The summed E-state index contributed by atoms with van der Waals surface area (Å²) in [5.41, 5.74) is 2.52. The van der Waals surface area contributed by atoms with Crippen LogP contribution in [0.2, 0.25) is 0 Å². The average Bonchev–Trinajstić information content (AvgIpc) is 2.62. The smallest absolute Gasteiger partial charge is 0.0897 e. The molecule has 2 N–H and O–H groups in total. The number of hydrogen-bond donors (Lipinski definition) is 2. The molecule has 0 spiro atoms. The summed E-state index contributed by atoms with van der Waals surface area (Å²) in [7, 11) is 0. The van der Waals surface area contributed by atoms with Gasteiger partial charge in [0.05, 0.1) is 18.8 Å². The highest BCUT2D eigenvalue weighted by Gasteiger charge is 2.14. The molecule has 0 fully saturated rings. The zero-order chi connectivity index (χ0) is 17.0. The quantitative estimate of drug-likeness (QED) is 0.623. The molecule has 0 aromatic heterocycles. The molecule has 1 atom stereocenters. The number of nitrogens with one attached hydrogen (secondary N) is 1. The van der Waals surface area contributed by atoms with Gasteiger partial charge in [-0.1, -0.05) is 67.6 Å². The topological polar surface area (TPSA) is 41.5 Å². The van der Waals surface area contributed by atoms with E-state index < -0.39 is 6.10 Å². The van der Waals surface area contributed by atoms with Crippen molar-refractivity contribution < 1.29 is 9.84 Å². The molecule has 1 unspecified atom stereocenters. The summed E-state index contributed by atoms with van der Waals surface area (Å²) in [4.78, 5) is 0. The van der Waals surface area contributed by atoms with Crippen LogP contribution in [-0.2, 0) is 17.6 Å². The van der Waals surface area contributed by atoms with Gasteiger partial charge in [0.1, 0.15) is 0 Å². The van der Waals surface area contributed by atoms with Crippen LogP contribution in [0.25, 0.3) is 0 Å². The Labute approximate surface area is 145 Å². The van der Waals surface area contributed by atoms with Crippen LogP contribution < -0.4 is 5.32 Å². The first-order valence-electron chi connectivity index (χ1n) is 8.86. The standard InChI is InChI=1S/C21H29NO2/c1-2-13-22-16-20(23)17-24-21(14-18-9-5-3-6-10-18)15-19-11-7-4-8-12-19/h3-12,20-23H,2,13-17H2,1H3. The van der Waals surface area contributed by atoms with Gasteiger partial charge in [-0.3, -0.25) is 0 Å². The van der Waals surface area contributed by atoms with Crippen LogP contribution in [-0.4, -0.2) is 37.0 Å². The van der Waals surface area contributed by atoms with E-state index in [-0.39, 0.29) is 6.10 Å². The molecule has 0 radical (unpaired) electrons. The molecule has 3 nitrogen and oxygen atoms in total. The lowest BCUT2D eigenvalue weighted by molar-refractivity contribution is -0.00803. The predicted molar refractivity (Wildman–Crippen MR) is 99.2 cm³/mol. The van der Waals surface area contributed by atoms with Crippen molar-refractivity contribution in [1.29, 1.82) is 0 Å². The van der Waals surface area contributed by atoms with E-state index in [2.05, 4.69) is 60.8 Å². The van der Waals surface area contributed by atoms with Crippen LogP contribution in [0.1, 0.15) is 24.5 Å². The van der Waals surface area contributed by atoms with Crippen LogP contribution in [0.4, 0.5) is 0 Å². The summed E-state index contributed by atoms with van der Waals surface area (Å²) in [6.45, 7) is 3.98.